The maximum absolute atomic E-state index is 13.0. The fraction of sp³-hybridized carbons (Fsp3) is 0.778. The van der Waals surface area contributed by atoms with Crippen LogP contribution in [0.3, 0.4) is 0 Å². The molecule has 5 nitrogen and oxygen atoms in total. The molecule has 2 amide bonds. The van der Waals surface area contributed by atoms with Gasteiger partial charge in [-0.05, 0) is 46.5 Å². The molecule has 0 unspecified atom stereocenters. The van der Waals surface area contributed by atoms with Crippen LogP contribution in [-0.2, 0) is 9.53 Å². The van der Waals surface area contributed by atoms with E-state index in [1.165, 1.54) is 0 Å². The number of ether oxygens (including phenoxy) is 1. The molecule has 0 bridgehead atoms. The van der Waals surface area contributed by atoms with E-state index in [4.69, 9.17) is 4.74 Å². The smallest absolute Gasteiger partial charge is 0.411 e. The molecule has 2 aliphatic heterocycles. The number of rotatable bonds is 3. The second kappa shape index (κ2) is 5.84. The minimum atomic E-state index is -0.690. The topological polar surface area (TPSA) is 49.9 Å². The predicted octanol–water partition coefficient (Wildman–Crippen LogP) is 3.20. The van der Waals surface area contributed by atoms with Gasteiger partial charge in [0.25, 0.3) is 5.91 Å². The minimum absolute atomic E-state index is 0.0363. The second-order valence-electron chi connectivity index (χ2n) is 8.24. The van der Waals surface area contributed by atoms with E-state index in [1.807, 2.05) is 32.6 Å². The van der Waals surface area contributed by atoms with Crippen molar-refractivity contribution in [3.63, 3.8) is 0 Å². The van der Waals surface area contributed by atoms with Gasteiger partial charge in [-0.1, -0.05) is 26.0 Å². The second-order valence-corrected chi connectivity index (χ2v) is 8.24. The van der Waals surface area contributed by atoms with Gasteiger partial charge in [0, 0.05) is 6.54 Å². The van der Waals surface area contributed by atoms with E-state index < -0.39 is 11.1 Å². The summed E-state index contributed by atoms with van der Waals surface area (Å²) in [6.45, 7) is 16.9. The van der Waals surface area contributed by atoms with Crippen molar-refractivity contribution in [3.8, 4) is 0 Å². The first-order valence-corrected chi connectivity index (χ1v) is 8.47. The summed E-state index contributed by atoms with van der Waals surface area (Å²) >= 11 is 0. The minimum Gasteiger partial charge on any atom is -0.444 e. The molecule has 0 aromatic carbocycles. The Hall–Kier alpha value is -1.52. The van der Waals surface area contributed by atoms with E-state index in [0.29, 0.717) is 19.0 Å². The molecule has 2 rings (SSSR count). The molecule has 5 heteroatoms. The monoisotopic (exact) mass is 322 g/mol. The summed E-state index contributed by atoms with van der Waals surface area (Å²) in [4.78, 5) is 28.9. The van der Waals surface area contributed by atoms with Gasteiger partial charge in [-0.2, -0.15) is 0 Å². The van der Waals surface area contributed by atoms with E-state index in [0.717, 1.165) is 18.4 Å². The zero-order chi connectivity index (χ0) is 17.6. The number of hydrogen-bond donors (Lipinski definition) is 0. The normalized spacial score (nSPS) is 25.8. The zero-order valence-electron chi connectivity index (χ0n) is 15.3. The summed E-state index contributed by atoms with van der Waals surface area (Å²) < 4.78 is 5.49. The number of hydrogen-bond acceptors (Lipinski definition) is 3. The predicted molar refractivity (Wildman–Crippen MR) is 90.1 cm³/mol. The van der Waals surface area contributed by atoms with E-state index >= 15 is 0 Å². The molecule has 0 aromatic heterocycles. The van der Waals surface area contributed by atoms with Crippen LogP contribution >= 0.6 is 0 Å². The van der Waals surface area contributed by atoms with Crippen molar-refractivity contribution in [2.75, 3.05) is 13.1 Å². The third-order valence-electron chi connectivity index (χ3n) is 4.67. The number of likely N-dealkylation sites (tertiary alicyclic amines) is 2. The fourth-order valence-corrected chi connectivity index (χ4v) is 3.87. The quantitative estimate of drug-likeness (QED) is 0.592. The van der Waals surface area contributed by atoms with E-state index in [2.05, 4.69) is 20.4 Å². The average Bonchev–Trinajstić information content (AvgIpc) is 2.81. The van der Waals surface area contributed by atoms with Crippen molar-refractivity contribution in [1.82, 2.24) is 9.80 Å². The van der Waals surface area contributed by atoms with Gasteiger partial charge in [0.1, 0.15) is 11.1 Å². The molecule has 23 heavy (non-hydrogen) atoms. The molecule has 1 spiro atoms. The Labute approximate surface area is 139 Å². The zero-order valence-corrected chi connectivity index (χ0v) is 15.3. The Morgan fingerprint density at radius 2 is 1.96 bits per heavy atom. The van der Waals surface area contributed by atoms with E-state index in [1.54, 1.807) is 4.90 Å². The maximum atomic E-state index is 13.0. The van der Waals surface area contributed by atoms with Crippen molar-refractivity contribution in [2.24, 2.45) is 5.92 Å². The molecule has 0 aliphatic carbocycles. The number of amides is 2. The molecule has 0 N–H and O–H groups in total. The van der Waals surface area contributed by atoms with Crippen LogP contribution in [-0.4, -0.2) is 52.1 Å². The van der Waals surface area contributed by atoms with Gasteiger partial charge in [0.2, 0.25) is 0 Å². The molecule has 2 fully saturated rings. The Bertz CT molecular complexity index is 521. The first-order chi connectivity index (χ1) is 10.5. The Balaban J connectivity index is 2.16. The van der Waals surface area contributed by atoms with Crippen LogP contribution < -0.4 is 0 Å². The molecule has 2 heterocycles. The molecule has 2 atom stereocenters. The van der Waals surface area contributed by atoms with Gasteiger partial charge in [-0.3, -0.25) is 9.69 Å². The van der Waals surface area contributed by atoms with Gasteiger partial charge in [0.15, 0.2) is 0 Å². The van der Waals surface area contributed by atoms with Gasteiger partial charge in [-0.25, -0.2) is 4.79 Å². The highest BCUT2D eigenvalue weighted by atomic mass is 16.6. The van der Waals surface area contributed by atoms with Crippen molar-refractivity contribution < 1.29 is 14.3 Å². The third kappa shape index (κ3) is 3.10. The molecule has 0 radical (unpaired) electrons. The Morgan fingerprint density at radius 3 is 2.39 bits per heavy atom. The van der Waals surface area contributed by atoms with Crippen LogP contribution in [0.15, 0.2) is 12.2 Å². The Kier molecular flexibility index (Phi) is 4.53. The molecule has 2 saturated heterocycles. The first kappa shape index (κ1) is 17.8. The standard InChI is InChI=1S/C18H30N2O3/c1-12(2)14(13(3)4)19-11-18(15(19)21)9-8-10-20(18)16(22)23-17(5,6)7/h13-14H,1,8-11H2,2-7H3/t14-,18-/m1/s1. The van der Waals surface area contributed by atoms with Gasteiger partial charge >= 0.3 is 6.09 Å². The van der Waals surface area contributed by atoms with Crippen LogP contribution in [0.2, 0.25) is 0 Å². The molecular formula is C18H30N2O3. The fourth-order valence-electron chi connectivity index (χ4n) is 3.87. The third-order valence-corrected chi connectivity index (χ3v) is 4.67. The van der Waals surface area contributed by atoms with E-state index in [-0.39, 0.29) is 18.0 Å². The van der Waals surface area contributed by atoms with Crippen molar-refractivity contribution in [1.29, 1.82) is 0 Å². The lowest BCUT2D eigenvalue weighted by Crippen LogP contribution is -2.75. The first-order valence-electron chi connectivity index (χ1n) is 8.47. The highest BCUT2D eigenvalue weighted by molar-refractivity contribution is 5.96. The lowest BCUT2D eigenvalue weighted by Gasteiger charge is -2.54. The highest BCUT2D eigenvalue weighted by Gasteiger charge is 2.61. The highest BCUT2D eigenvalue weighted by Crippen LogP contribution is 2.42. The van der Waals surface area contributed by atoms with Crippen LogP contribution in [0, 0.1) is 5.92 Å². The summed E-state index contributed by atoms with van der Waals surface area (Å²) in [7, 11) is 0. The van der Waals surface area contributed by atoms with Gasteiger partial charge in [-0.15, -0.1) is 0 Å². The van der Waals surface area contributed by atoms with E-state index in [9.17, 15) is 9.59 Å². The van der Waals surface area contributed by atoms with Crippen LogP contribution in [0.4, 0.5) is 4.79 Å². The lowest BCUT2D eigenvalue weighted by atomic mass is 9.81. The van der Waals surface area contributed by atoms with Gasteiger partial charge < -0.3 is 9.64 Å². The van der Waals surface area contributed by atoms with Crippen LogP contribution in [0.1, 0.15) is 54.4 Å². The SMILES string of the molecule is C=C(C)[C@H](C(C)C)N1C[C@]2(CCCN2C(=O)OC(C)(C)C)C1=O. The largest absolute Gasteiger partial charge is 0.444 e. The number of carbonyl (C=O) groups excluding carboxylic acids is 2. The summed E-state index contributed by atoms with van der Waals surface area (Å²) in [6.07, 6.45) is 1.19. The molecule has 130 valence electrons. The van der Waals surface area contributed by atoms with Crippen molar-refractivity contribution >= 4 is 12.0 Å². The summed E-state index contributed by atoms with van der Waals surface area (Å²) in [5.74, 6) is 0.354. The number of nitrogens with zero attached hydrogens (tertiary/aromatic N) is 2. The molecule has 0 aromatic rings. The van der Waals surface area contributed by atoms with Crippen molar-refractivity contribution in [3.05, 3.63) is 12.2 Å². The summed E-state index contributed by atoms with van der Waals surface area (Å²) in [5.41, 5.74) is -0.249. The van der Waals surface area contributed by atoms with Gasteiger partial charge in [0.05, 0.1) is 12.6 Å². The summed E-state index contributed by atoms with van der Waals surface area (Å²) in [6, 6.07) is 0.0363. The molecular weight excluding hydrogens is 292 g/mol. The number of β-lactam (4-membered cyclic amide) rings is 1. The van der Waals surface area contributed by atoms with Crippen LogP contribution in [0.25, 0.3) is 0 Å². The molecule has 2 aliphatic rings. The average molecular weight is 322 g/mol. The van der Waals surface area contributed by atoms with Crippen LogP contribution in [0.5, 0.6) is 0 Å². The maximum Gasteiger partial charge on any atom is 0.411 e. The molecule has 0 saturated carbocycles. The summed E-state index contributed by atoms with van der Waals surface area (Å²) in [5, 5.41) is 0. The van der Waals surface area contributed by atoms with Crippen molar-refractivity contribution in [2.45, 2.75) is 71.6 Å². The lowest BCUT2D eigenvalue weighted by molar-refractivity contribution is -0.164. The Morgan fingerprint density at radius 1 is 1.35 bits per heavy atom. The number of carbonyl (C=O) groups is 2.